The third kappa shape index (κ3) is 5.47. The first-order valence-electron chi connectivity index (χ1n) is 8.00. The van der Waals surface area contributed by atoms with E-state index in [0.29, 0.717) is 5.69 Å². The normalized spacial score (nSPS) is 12.3. The van der Waals surface area contributed by atoms with Gasteiger partial charge in [-0.2, -0.15) is 13.2 Å². The highest BCUT2D eigenvalue weighted by molar-refractivity contribution is 8.00. The Labute approximate surface area is 172 Å². The lowest BCUT2D eigenvalue weighted by molar-refractivity contribution is -0.121. The fourth-order valence-electron chi connectivity index (χ4n) is 2.34. The minimum Gasteiger partial charge on any atom is -0.322 e. The van der Waals surface area contributed by atoms with Crippen molar-refractivity contribution in [2.45, 2.75) is 15.4 Å². The number of sulfonamides is 1. The molecule has 0 saturated heterocycles. The smallest absolute Gasteiger partial charge is 0.322 e. The number of thioether (sulfide) groups is 1. The van der Waals surface area contributed by atoms with Crippen LogP contribution in [0, 0.1) is 0 Å². The Kier molecular flexibility index (Phi) is 6.17. The van der Waals surface area contributed by atoms with Crippen molar-refractivity contribution in [3.63, 3.8) is 0 Å². The summed E-state index contributed by atoms with van der Waals surface area (Å²) in [4.78, 5) is 16.4. The van der Waals surface area contributed by atoms with Gasteiger partial charge in [-0.15, -0.1) is 11.3 Å². The standard InChI is InChI=1S/C17H14F3N3O3S3/c1-27-16-23-13-6-5-11(8-14(13)28-16)22-15(24)10-3-2-4-12(7-10)29(25,26)21-9-17(18,19)20/h2-8,21H,9H2,1H3,(H,22,24). The largest absolute Gasteiger partial charge is 0.402 e. The van der Waals surface area contributed by atoms with E-state index in [1.54, 1.807) is 18.2 Å². The molecule has 2 aromatic carbocycles. The quantitative estimate of drug-likeness (QED) is 0.540. The molecule has 0 unspecified atom stereocenters. The van der Waals surface area contributed by atoms with Gasteiger partial charge in [0, 0.05) is 11.3 Å². The van der Waals surface area contributed by atoms with Crippen LogP contribution in [0.25, 0.3) is 10.2 Å². The van der Waals surface area contributed by atoms with E-state index in [4.69, 9.17) is 0 Å². The summed E-state index contributed by atoms with van der Waals surface area (Å²) in [7, 11) is -4.41. The molecular weight excluding hydrogens is 447 g/mol. The number of anilines is 1. The van der Waals surface area contributed by atoms with Gasteiger partial charge in [-0.1, -0.05) is 17.8 Å². The third-order valence-electron chi connectivity index (χ3n) is 3.67. The molecule has 0 radical (unpaired) electrons. The Morgan fingerprint density at radius 2 is 1.97 bits per heavy atom. The number of aromatic nitrogens is 1. The number of thiazole rings is 1. The summed E-state index contributed by atoms with van der Waals surface area (Å²) in [6.07, 6.45) is -2.78. The van der Waals surface area contributed by atoms with Crippen molar-refractivity contribution in [2.75, 3.05) is 18.1 Å². The first-order valence-corrected chi connectivity index (χ1v) is 11.5. The minimum atomic E-state index is -4.69. The zero-order valence-corrected chi connectivity index (χ0v) is 17.2. The van der Waals surface area contributed by atoms with Gasteiger partial charge < -0.3 is 5.32 Å². The Morgan fingerprint density at radius 3 is 2.66 bits per heavy atom. The molecule has 0 atom stereocenters. The highest BCUT2D eigenvalue weighted by Gasteiger charge is 2.30. The van der Waals surface area contributed by atoms with Crippen LogP contribution in [0.2, 0.25) is 0 Å². The topological polar surface area (TPSA) is 88.2 Å². The second-order valence-corrected chi connectivity index (χ2v) is 9.64. The van der Waals surface area contributed by atoms with E-state index in [1.165, 1.54) is 40.0 Å². The number of rotatable bonds is 6. The van der Waals surface area contributed by atoms with Gasteiger partial charge >= 0.3 is 6.18 Å². The number of amides is 1. The number of alkyl halides is 3. The fraction of sp³-hybridized carbons (Fsp3) is 0.176. The molecule has 0 bridgehead atoms. The van der Waals surface area contributed by atoms with Crippen LogP contribution in [-0.2, 0) is 10.0 Å². The van der Waals surface area contributed by atoms with E-state index >= 15 is 0 Å². The molecule has 12 heteroatoms. The Hall–Kier alpha value is -2.15. The number of carbonyl (C=O) groups excluding carboxylic acids is 1. The predicted octanol–water partition coefficient (Wildman–Crippen LogP) is 4.11. The van der Waals surface area contributed by atoms with E-state index in [2.05, 4.69) is 10.3 Å². The van der Waals surface area contributed by atoms with Gasteiger partial charge in [0.2, 0.25) is 10.0 Å². The first kappa shape index (κ1) is 21.6. The van der Waals surface area contributed by atoms with Crippen molar-refractivity contribution in [1.29, 1.82) is 0 Å². The number of fused-ring (bicyclic) bond motifs is 1. The van der Waals surface area contributed by atoms with Crippen LogP contribution >= 0.6 is 23.1 Å². The number of carbonyl (C=O) groups is 1. The van der Waals surface area contributed by atoms with Crippen molar-refractivity contribution in [1.82, 2.24) is 9.71 Å². The lowest BCUT2D eigenvalue weighted by atomic mass is 10.2. The van der Waals surface area contributed by atoms with Gasteiger partial charge in [-0.25, -0.2) is 18.1 Å². The molecule has 0 saturated carbocycles. The monoisotopic (exact) mass is 461 g/mol. The number of hydrogen-bond donors (Lipinski definition) is 2. The Morgan fingerprint density at radius 1 is 1.21 bits per heavy atom. The number of hydrogen-bond acceptors (Lipinski definition) is 6. The van der Waals surface area contributed by atoms with Crippen molar-refractivity contribution < 1.29 is 26.4 Å². The predicted molar refractivity (Wildman–Crippen MR) is 107 cm³/mol. The Bertz CT molecular complexity index is 1160. The molecule has 0 fully saturated rings. The number of benzene rings is 2. The summed E-state index contributed by atoms with van der Waals surface area (Å²) >= 11 is 2.98. The summed E-state index contributed by atoms with van der Waals surface area (Å²) in [5, 5.41) is 2.65. The molecule has 1 heterocycles. The SMILES string of the molecule is CSc1nc2ccc(NC(=O)c3cccc(S(=O)(=O)NCC(F)(F)F)c3)cc2s1. The molecule has 0 spiro atoms. The summed E-state index contributed by atoms with van der Waals surface area (Å²) in [5.74, 6) is -0.591. The summed E-state index contributed by atoms with van der Waals surface area (Å²) in [6, 6.07) is 9.95. The second-order valence-electron chi connectivity index (χ2n) is 5.79. The fourth-order valence-corrected chi connectivity index (χ4v) is 4.93. The minimum absolute atomic E-state index is 0.00547. The van der Waals surface area contributed by atoms with Gasteiger partial charge in [0.15, 0.2) is 4.34 Å². The van der Waals surface area contributed by atoms with Crippen LogP contribution in [0.5, 0.6) is 0 Å². The summed E-state index contributed by atoms with van der Waals surface area (Å²) < 4.78 is 64.2. The maximum Gasteiger partial charge on any atom is 0.402 e. The molecule has 29 heavy (non-hydrogen) atoms. The molecule has 1 amide bonds. The molecule has 1 aromatic heterocycles. The second kappa shape index (κ2) is 8.30. The highest BCUT2D eigenvalue weighted by atomic mass is 32.2. The maximum atomic E-state index is 12.5. The maximum absolute atomic E-state index is 12.5. The van der Waals surface area contributed by atoms with Gasteiger partial charge in [0.25, 0.3) is 5.91 Å². The van der Waals surface area contributed by atoms with Crippen molar-refractivity contribution >= 4 is 54.9 Å². The zero-order chi connectivity index (χ0) is 21.2. The molecule has 6 nitrogen and oxygen atoms in total. The highest BCUT2D eigenvalue weighted by Crippen LogP contribution is 2.30. The van der Waals surface area contributed by atoms with Gasteiger partial charge in [0.05, 0.1) is 15.1 Å². The van der Waals surface area contributed by atoms with E-state index in [1.807, 2.05) is 6.26 Å². The summed E-state index contributed by atoms with van der Waals surface area (Å²) in [5.41, 5.74) is 1.28. The van der Waals surface area contributed by atoms with Crippen molar-refractivity contribution in [3.8, 4) is 0 Å². The third-order valence-corrected chi connectivity index (χ3v) is 7.07. The average Bonchev–Trinajstić information content (AvgIpc) is 3.08. The molecule has 0 aliphatic rings. The van der Waals surface area contributed by atoms with E-state index < -0.39 is 33.5 Å². The summed E-state index contributed by atoms with van der Waals surface area (Å²) in [6.45, 7) is -1.70. The zero-order valence-electron chi connectivity index (χ0n) is 14.8. The van der Waals surface area contributed by atoms with Crippen LogP contribution < -0.4 is 10.0 Å². The van der Waals surface area contributed by atoms with Crippen LogP contribution in [0.4, 0.5) is 18.9 Å². The van der Waals surface area contributed by atoms with E-state index in [0.717, 1.165) is 26.7 Å². The molecule has 3 aromatic rings. The van der Waals surface area contributed by atoms with Gasteiger partial charge in [0.1, 0.15) is 6.54 Å². The number of halogens is 3. The lowest BCUT2D eigenvalue weighted by Gasteiger charge is -2.10. The molecule has 0 aliphatic heterocycles. The first-order chi connectivity index (χ1) is 13.6. The molecule has 154 valence electrons. The molecular formula is C17H14F3N3O3S3. The Balaban J connectivity index is 1.78. The number of nitrogens with one attached hydrogen (secondary N) is 2. The number of nitrogens with zero attached hydrogens (tertiary/aromatic N) is 1. The van der Waals surface area contributed by atoms with Gasteiger partial charge in [-0.05, 0) is 42.7 Å². The van der Waals surface area contributed by atoms with E-state index in [-0.39, 0.29) is 5.56 Å². The van der Waals surface area contributed by atoms with Crippen LogP contribution in [-0.4, -0.2) is 38.3 Å². The van der Waals surface area contributed by atoms with Crippen LogP contribution in [0.1, 0.15) is 10.4 Å². The van der Waals surface area contributed by atoms with Crippen LogP contribution in [0.15, 0.2) is 51.7 Å². The van der Waals surface area contributed by atoms with Crippen LogP contribution in [0.3, 0.4) is 0 Å². The van der Waals surface area contributed by atoms with Gasteiger partial charge in [-0.3, -0.25) is 4.79 Å². The van der Waals surface area contributed by atoms with Crippen molar-refractivity contribution in [3.05, 3.63) is 48.0 Å². The molecule has 3 rings (SSSR count). The lowest BCUT2D eigenvalue weighted by Crippen LogP contribution is -2.33. The van der Waals surface area contributed by atoms with Crippen molar-refractivity contribution in [2.24, 2.45) is 0 Å². The molecule has 2 N–H and O–H groups in total. The molecule has 0 aliphatic carbocycles. The van der Waals surface area contributed by atoms with E-state index in [9.17, 15) is 26.4 Å². The average molecular weight is 462 g/mol.